The van der Waals surface area contributed by atoms with Crippen LogP contribution in [0, 0.1) is 5.92 Å². The lowest BCUT2D eigenvalue weighted by atomic mass is 9.90. The molecule has 0 bridgehead atoms. The zero-order valence-electron chi connectivity index (χ0n) is 18.0. The summed E-state index contributed by atoms with van der Waals surface area (Å²) in [6, 6.07) is 10.3. The monoisotopic (exact) mass is 447 g/mol. The van der Waals surface area contributed by atoms with Crippen molar-refractivity contribution in [2.75, 3.05) is 19.7 Å². The van der Waals surface area contributed by atoms with E-state index in [1.54, 1.807) is 18.3 Å². The van der Waals surface area contributed by atoms with E-state index in [4.69, 9.17) is 14.9 Å². The number of hydrogen-bond donors (Lipinski definition) is 4. The van der Waals surface area contributed by atoms with Gasteiger partial charge in [0.15, 0.2) is 0 Å². The maximum atomic E-state index is 12.0. The Kier molecular flexibility index (Phi) is 5.62. The van der Waals surface area contributed by atoms with E-state index in [1.807, 2.05) is 24.3 Å². The van der Waals surface area contributed by atoms with E-state index < -0.39 is 12.0 Å². The first-order valence-corrected chi connectivity index (χ1v) is 11.0. The Labute approximate surface area is 190 Å². The number of carbonyl (C=O) groups is 1. The van der Waals surface area contributed by atoms with E-state index in [0.29, 0.717) is 58.8 Å². The van der Waals surface area contributed by atoms with Crippen molar-refractivity contribution in [2.45, 2.75) is 18.9 Å². The number of aromatic carboxylic acids is 1. The zero-order valence-corrected chi connectivity index (χ0v) is 18.0. The fourth-order valence-corrected chi connectivity index (χ4v) is 4.20. The van der Waals surface area contributed by atoms with Gasteiger partial charge in [0.1, 0.15) is 23.2 Å². The highest BCUT2D eigenvalue weighted by atomic mass is 16.5. The van der Waals surface area contributed by atoms with E-state index in [1.165, 1.54) is 19.1 Å². The minimum absolute atomic E-state index is 0.00576. The highest BCUT2D eigenvalue weighted by Crippen LogP contribution is 2.44. The topological polar surface area (TPSA) is 131 Å². The Morgan fingerprint density at radius 3 is 2.79 bits per heavy atom. The van der Waals surface area contributed by atoms with Gasteiger partial charge in [0, 0.05) is 47.1 Å². The van der Waals surface area contributed by atoms with Gasteiger partial charge in [-0.1, -0.05) is 24.3 Å². The summed E-state index contributed by atoms with van der Waals surface area (Å²) in [4.78, 5) is 16.4. The van der Waals surface area contributed by atoms with Gasteiger partial charge in [0.2, 0.25) is 5.88 Å². The van der Waals surface area contributed by atoms with Crippen LogP contribution in [0.1, 0.15) is 40.4 Å². The summed E-state index contributed by atoms with van der Waals surface area (Å²) in [5, 5.41) is 26.2. The van der Waals surface area contributed by atoms with Gasteiger partial charge >= 0.3 is 5.97 Å². The molecule has 5 rings (SSSR count). The quantitative estimate of drug-likeness (QED) is 0.305. The number of aromatic hydroxyl groups is 1. The lowest BCUT2D eigenvalue weighted by Crippen LogP contribution is -2.28. The van der Waals surface area contributed by atoms with E-state index in [9.17, 15) is 15.0 Å². The lowest BCUT2D eigenvalue weighted by Gasteiger charge is -2.23. The first-order chi connectivity index (χ1) is 16.1. The lowest BCUT2D eigenvalue weighted by molar-refractivity contribution is 0.0698. The largest absolute Gasteiger partial charge is 0.507 e. The molecule has 1 fully saturated rings. The van der Waals surface area contributed by atoms with Crippen molar-refractivity contribution >= 4 is 27.7 Å². The number of carboxylic acids is 1. The number of phenols is 1. The number of phenolic OH excluding ortho intramolecular Hbond substituents is 1. The van der Waals surface area contributed by atoms with Gasteiger partial charge in [-0.15, -0.1) is 0 Å². The predicted molar refractivity (Wildman–Crippen MR) is 124 cm³/mol. The molecule has 4 aromatic rings. The van der Waals surface area contributed by atoms with Crippen LogP contribution in [0.3, 0.4) is 0 Å². The van der Waals surface area contributed by atoms with Gasteiger partial charge in [0.25, 0.3) is 0 Å². The van der Waals surface area contributed by atoms with E-state index in [2.05, 4.69) is 10.3 Å². The second-order valence-corrected chi connectivity index (χ2v) is 8.32. The highest BCUT2D eigenvalue weighted by molar-refractivity contribution is 6.15. The molecular formula is C25H25N3O5. The molecular weight excluding hydrogens is 422 g/mol. The normalized spacial score (nSPS) is 14.6. The number of nitrogens with one attached hydrogen (secondary N) is 1. The number of carboxylic acid groups (broad SMARTS) is 1. The SMILES string of the molecule is NCCNC(c1ccnc(OCC2CC2)c1)c1c(O)c2ccccc2c2occ(C(=O)O)c12. The summed E-state index contributed by atoms with van der Waals surface area (Å²) in [6.45, 7) is 1.42. The zero-order chi connectivity index (χ0) is 22.9. The van der Waals surface area contributed by atoms with Crippen molar-refractivity contribution < 1.29 is 24.2 Å². The molecule has 1 saturated carbocycles. The second kappa shape index (κ2) is 8.73. The summed E-state index contributed by atoms with van der Waals surface area (Å²) in [5.41, 5.74) is 7.36. The first-order valence-electron chi connectivity index (χ1n) is 11.0. The molecule has 0 radical (unpaired) electrons. The molecule has 5 N–H and O–H groups in total. The van der Waals surface area contributed by atoms with Crippen LogP contribution in [-0.2, 0) is 0 Å². The fourth-order valence-electron chi connectivity index (χ4n) is 4.20. The van der Waals surface area contributed by atoms with Crippen molar-refractivity contribution in [3.8, 4) is 11.6 Å². The smallest absolute Gasteiger partial charge is 0.339 e. The summed E-state index contributed by atoms with van der Waals surface area (Å²) in [6.07, 6.45) is 5.21. The van der Waals surface area contributed by atoms with Gasteiger partial charge in [-0.3, -0.25) is 0 Å². The van der Waals surface area contributed by atoms with Gasteiger partial charge < -0.3 is 30.4 Å². The molecule has 0 spiro atoms. The standard InChI is InChI=1S/C25H25N3O5/c26-8-10-28-22(15-7-9-27-19(11-15)32-12-14-5-6-14)21-20-18(25(30)31)13-33-24(20)17-4-2-1-3-16(17)23(21)29/h1-4,7,9,11,13-14,22,28-29H,5-6,8,10,12,26H2,(H,30,31). The number of nitrogens with zero attached hydrogens (tertiary/aromatic N) is 1. The summed E-state index contributed by atoms with van der Waals surface area (Å²) >= 11 is 0. The van der Waals surface area contributed by atoms with Crippen LogP contribution in [0.5, 0.6) is 11.6 Å². The number of benzene rings is 2. The number of nitrogens with two attached hydrogens (primary N) is 1. The summed E-state index contributed by atoms with van der Waals surface area (Å²) < 4.78 is 11.6. The van der Waals surface area contributed by atoms with Crippen LogP contribution >= 0.6 is 0 Å². The molecule has 170 valence electrons. The number of rotatable bonds is 9. The van der Waals surface area contributed by atoms with Crippen molar-refractivity contribution in [1.29, 1.82) is 0 Å². The maximum absolute atomic E-state index is 12.0. The molecule has 8 heteroatoms. The molecule has 8 nitrogen and oxygen atoms in total. The molecule has 0 amide bonds. The van der Waals surface area contributed by atoms with E-state index in [-0.39, 0.29) is 11.3 Å². The number of aromatic nitrogens is 1. The van der Waals surface area contributed by atoms with Crippen LogP contribution in [0.4, 0.5) is 0 Å². The minimum Gasteiger partial charge on any atom is -0.507 e. The van der Waals surface area contributed by atoms with Crippen LogP contribution in [0.2, 0.25) is 0 Å². The highest BCUT2D eigenvalue weighted by Gasteiger charge is 2.29. The average Bonchev–Trinajstić information content (AvgIpc) is 3.56. The molecule has 2 heterocycles. The van der Waals surface area contributed by atoms with Crippen molar-refractivity contribution in [2.24, 2.45) is 11.7 Å². The Morgan fingerprint density at radius 1 is 1.27 bits per heavy atom. The molecule has 2 aromatic heterocycles. The molecule has 2 aromatic carbocycles. The minimum atomic E-state index is -1.13. The third-order valence-corrected chi connectivity index (χ3v) is 6.01. The number of furan rings is 1. The molecule has 1 unspecified atom stereocenters. The van der Waals surface area contributed by atoms with Crippen LogP contribution in [0.25, 0.3) is 21.7 Å². The maximum Gasteiger partial charge on any atom is 0.339 e. The number of pyridine rings is 1. The third-order valence-electron chi connectivity index (χ3n) is 6.01. The second-order valence-electron chi connectivity index (χ2n) is 8.32. The molecule has 0 aliphatic heterocycles. The Morgan fingerprint density at radius 2 is 2.06 bits per heavy atom. The Hall–Kier alpha value is -3.62. The van der Waals surface area contributed by atoms with Gasteiger partial charge in [-0.2, -0.15) is 0 Å². The first kappa shape index (κ1) is 21.2. The van der Waals surface area contributed by atoms with Gasteiger partial charge in [-0.05, 0) is 30.4 Å². The number of fused-ring (bicyclic) bond motifs is 3. The summed E-state index contributed by atoms with van der Waals surface area (Å²) in [5.74, 6) is -0.0739. The summed E-state index contributed by atoms with van der Waals surface area (Å²) in [7, 11) is 0. The molecule has 1 aliphatic carbocycles. The Balaban J connectivity index is 1.72. The molecule has 1 aliphatic rings. The van der Waals surface area contributed by atoms with Crippen molar-refractivity contribution in [3.05, 3.63) is 65.5 Å². The van der Waals surface area contributed by atoms with Crippen LogP contribution in [0.15, 0.2) is 53.3 Å². The number of hydrogen-bond acceptors (Lipinski definition) is 7. The van der Waals surface area contributed by atoms with Gasteiger partial charge in [0.05, 0.1) is 12.6 Å². The molecule has 33 heavy (non-hydrogen) atoms. The van der Waals surface area contributed by atoms with Crippen molar-refractivity contribution in [1.82, 2.24) is 10.3 Å². The van der Waals surface area contributed by atoms with Crippen LogP contribution < -0.4 is 15.8 Å². The number of ether oxygens (including phenoxy) is 1. The Bertz CT molecular complexity index is 1330. The van der Waals surface area contributed by atoms with Crippen LogP contribution in [-0.4, -0.2) is 40.9 Å². The average molecular weight is 447 g/mol. The fraction of sp³-hybridized carbons (Fsp3) is 0.280. The van der Waals surface area contributed by atoms with E-state index in [0.717, 1.165) is 5.56 Å². The van der Waals surface area contributed by atoms with E-state index >= 15 is 0 Å². The third kappa shape index (κ3) is 3.99. The molecule has 0 saturated heterocycles. The van der Waals surface area contributed by atoms with Gasteiger partial charge in [-0.25, -0.2) is 9.78 Å². The predicted octanol–water partition coefficient (Wildman–Crippen LogP) is 3.81. The van der Waals surface area contributed by atoms with Crippen molar-refractivity contribution in [3.63, 3.8) is 0 Å². The molecule has 1 atom stereocenters.